The van der Waals surface area contributed by atoms with Crippen molar-refractivity contribution in [2.45, 2.75) is 24.9 Å². The lowest BCUT2D eigenvalue weighted by molar-refractivity contribution is -0.158. The second kappa shape index (κ2) is 4.27. The van der Waals surface area contributed by atoms with Gasteiger partial charge in [0.05, 0.1) is 11.5 Å². The minimum Gasteiger partial charge on any atom is -0.481 e. The SMILES string of the molecule is O=C(O)C1CC(O)(Cc2cc(Cl)ccc2F)C1. The zero-order valence-corrected chi connectivity index (χ0v) is 9.75. The van der Waals surface area contributed by atoms with E-state index in [9.17, 15) is 14.3 Å². The van der Waals surface area contributed by atoms with E-state index in [-0.39, 0.29) is 19.3 Å². The van der Waals surface area contributed by atoms with E-state index in [1.165, 1.54) is 18.2 Å². The van der Waals surface area contributed by atoms with E-state index < -0.39 is 23.3 Å². The Morgan fingerprint density at radius 1 is 1.53 bits per heavy atom. The van der Waals surface area contributed by atoms with E-state index in [2.05, 4.69) is 0 Å². The van der Waals surface area contributed by atoms with Crippen LogP contribution in [-0.4, -0.2) is 21.8 Å². The van der Waals surface area contributed by atoms with Crippen LogP contribution in [0, 0.1) is 11.7 Å². The van der Waals surface area contributed by atoms with E-state index in [1.807, 2.05) is 0 Å². The van der Waals surface area contributed by atoms with Crippen molar-refractivity contribution >= 4 is 17.6 Å². The lowest BCUT2D eigenvalue weighted by Gasteiger charge is -2.41. The molecule has 0 aliphatic heterocycles. The molecule has 0 amide bonds. The van der Waals surface area contributed by atoms with Crippen molar-refractivity contribution in [2.24, 2.45) is 5.92 Å². The predicted octanol–water partition coefficient (Wildman–Crippen LogP) is 2.25. The number of rotatable bonds is 3. The molecule has 0 unspecified atom stereocenters. The summed E-state index contributed by atoms with van der Waals surface area (Å²) in [5.41, 5.74) is -0.793. The molecule has 1 fully saturated rings. The van der Waals surface area contributed by atoms with E-state index in [4.69, 9.17) is 16.7 Å². The zero-order valence-electron chi connectivity index (χ0n) is 8.99. The van der Waals surface area contributed by atoms with Crippen LogP contribution in [0.25, 0.3) is 0 Å². The number of benzene rings is 1. The van der Waals surface area contributed by atoms with Gasteiger partial charge in [-0.1, -0.05) is 11.6 Å². The van der Waals surface area contributed by atoms with Crippen molar-refractivity contribution in [3.63, 3.8) is 0 Å². The molecule has 1 aliphatic rings. The molecule has 1 aromatic rings. The number of aliphatic hydroxyl groups is 1. The van der Waals surface area contributed by atoms with Gasteiger partial charge in [-0.3, -0.25) is 4.79 Å². The Balaban J connectivity index is 2.07. The Kier molecular flexibility index (Phi) is 3.10. The minimum absolute atomic E-state index is 0.100. The molecular formula is C12H12ClFO3. The first-order valence-electron chi connectivity index (χ1n) is 5.29. The Morgan fingerprint density at radius 2 is 2.18 bits per heavy atom. The molecule has 0 saturated heterocycles. The fraction of sp³-hybridized carbons (Fsp3) is 0.417. The highest BCUT2D eigenvalue weighted by molar-refractivity contribution is 6.30. The number of carboxylic acid groups (broad SMARTS) is 1. The van der Waals surface area contributed by atoms with Gasteiger partial charge in [-0.25, -0.2) is 4.39 Å². The average Bonchev–Trinajstić information content (AvgIpc) is 2.19. The van der Waals surface area contributed by atoms with Gasteiger partial charge < -0.3 is 10.2 Å². The molecule has 1 aliphatic carbocycles. The van der Waals surface area contributed by atoms with Crippen molar-refractivity contribution in [1.82, 2.24) is 0 Å². The Bertz CT molecular complexity index is 455. The number of carboxylic acids is 1. The van der Waals surface area contributed by atoms with Crippen LogP contribution in [0.4, 0.5) is 4.39 Å². The quantitative estimate of drug-likeness (QED) is 0.874. The van der Waals surface area contributed by atoms with Crippen LogP contribution in [0.2, 0.25) is 5.02 Å². The first-order valence-corrected chi connectivity index (χ1v) is 5.66. The molecule has 2 rings (SSSR count). The van der Waals surface area contributed by atoms with Gasteiger partial charge in [0.1, 0.15) is 5.82 Å². The maximum absolute atomic E-state index is 13.4. The van der Waals surface area contributed by atoms with Crippen LogP contribution in [0.1, 0.15) is 18.4 Å². The van der Waals surface area contributed by atoms with Crippen molar-refractivity contribution in [3.8, 4) is 0 Å². The summed E-state index contributed by atoms with van der Waals surface area (Å²) < 4.78 is 13.4. The molecule has 1 saturated carbocycles. The average molecular weight is 259 g/mol. The van der Waals surface area contributed by atoms with E-state index >= 15 is 0 Å². The van der Waals surface area contributed by atoms with Crippen molar-refractivity contribution in [1.29, 1.82) is 0 Å². The molecule has 17 heavy (non-hydrogen) atoms. The smallest absolute Gasteiger partial charge is 0.306 e. The summed E-state index contributed by atoms with van der Waals surface area (Å²) in [7, 11) is 0. The number of aliphatic carboxylic acids is 1. The second-order valence-electron chi connectivity index (χ2n) is 4.58. The van der Waals surface area contributed by atoms with Gasteiger partial charge in [-0.05, 0) is 36.6 Å². The molecule has 0 heterocycles. The highest BCUT2D eigenvalue weighted by Crippen LogP contribution is 2.40. The number of hydrogen-bond donors (Lipinski definition) is 2. The van der Waals surface area contributed by atoms with Gasteiger partial charge in [0.25, 0.3) is 0 Å². The maximum atomic E-state index is 13.4. The normalized spacial score (nSPS) is 27.6. The largest absolute Gasteiger partial charge is 0.481 e. The van der Waals surface area contributed by atoms with Crippen molar-refractivity contribution < 1.29 is 19.4 Å². The first kappa shape index (κ1) is 12.3. The summed E-state index contributed by atoms with van der Waals surface area (Å²) in [6, 6.07) is 4.14. The molecule has 0 atom stereocenters. The first-order chi connectivity index (χ1) is 7.89. The third-order valence-corrected chi connectivity index (χ3v) is 3.36. The van der Waals surface area contributed by atoms with Crippen LogP contribution >= 0.6 is 11.6 Å². The Hall–Kier alpha value is -1.13. The molecular weight excluding hydrogens is 247 g/mol. The second-order valence-corrected chi connectivity index (χ2v) is 5.02. The highest BCUT2D eigenvalue weighted by Gasteiger charge is 2.46. The molecule has 0 bridgehead atoms. The van der Waals surface area contributed by atoms with Gasteiger partial charge in [0, 0.05) is 11.4 Å². The fourth-order valence-electron chi connectivity index (χ4n) is 2.21. The highest BCUT2D eigenvalue weighted by atomic mass is 35.5. The lowest BCUT2D eigenvalue weighted by atomic mass is 9.68. The van der Waals surface area contributed by atoms with Gasteiger partial charge in [0.2, 0.25) is 0 Å². The summed E-state index contributed by atoms with van der Waals surface area (Å²) in [5.74, 6) is -1.87. The monoisotopic (exact) mass is 258 g/mol. The zero-order chi connectivity index (χ0) is 12.6. The molecule has 92 valence electrons. The molecule has 2 N–H and O–H groups in total. The number of carbonyl (C=O) groups is 1. The van der Waals surface area contributed by atoms with Crippen LogP contribution in [-0.2, 0) is 11.2 Å². The topological polar surface area (TPSA) is 57.5 Å². The van der Waals surface area contributed by atoms with Crippen molar-refractivity contribution in [2.75, 3.05) is 0 Å². The summed E-state index contributed by atoms with van der Waals surface area (Å²) in [5, 5.41) is 19.2. The van der Waals surface area contributed by atoms with E-state index in [0.717, 1.165) is 0 Å². The van der Waals surface area contributed by atoms with Gasteiger partial charge in [-0.2, -0.15) is 0 Å². The molecule has 0 spiro atoms. The summed E-state index contributed by atoms with van der Waals surface area (Å²) in [6.45, 7) is 0. The van der Waals surface area contributed by atoms with Crippen LogP contribution in [0.3, 0.4) is 0 Å². The molecule has 0 aromatic heterocycles. The van der Waals surface area contributed by atoms with Gasteiger partial charge in [0.15, 0.2) is 0 Å². The van der Waals surface area contributed by atoms with Crippen molar-refractivity contribution in [3.05, 3.63) is 34.6 Å². The molecule has 5 heteroatoms. The summed E-state index contributed by atoms with van der Waals surface area (Å²) >= 11 is 5.74. The maximum Gasteiger partial charge on any atom is 0.306 e. The predicted molar refractivity (Wildman–Crippen MR) is 60.4 cm³/mol. The summed E-state index contributed by atoms with van der Waals surface area (Å²) in [4.78, 5) is 10.6. The molecule has 0 radical (unpaired) electrons. The lowest BCUT2D eigenvalue weighted by Crippen LogP contribution is -2.48. The third kappa shape index (κ3) is 2.58. The number of hydrogen-bond acceptors (Lipinski definition) is 2. The standard InChI is InChI=1S/C12H12ClFO3/c13-9-1-2-10(14)7(3-9)4-12(17)5-8(6-12)11(15)16/h1-3,8,17H,4-6H2,(H,15,16). The summed E-state index contributed by atoms with van der Waals surface area (Å²) in [6.07, 6.45) is 0.422. The minimum atomic E-state index is -1.12. The van der Waals surface area contributed by atoms with Crippen LogP contribution in [0.5, 0.6) is 0 Å². The van der Waals surface area contributed by atoms with E-state index in [1.54, 1.807) is 0 Å². The fourth-order valence-corrected chi connectivity index (χ4v) is 2.40. The number of halogens is 2. The van der Waals surface area contributed by atoms with Gasteiger partial charge >= 0.3 is 5.97 Å². The Labute approximate surface area is 103 Å². The molecule has 1 aromatic carbocycles. The van der Waals surface area contributed by atoms with E-state index in [0.29, 0.717) is 10.6 Å². The van der Waals surface area contributed by atoms with Gasteiger partial charge in [-0.15, -0.1) is 0 Å². The molecule has 3 nitrogen and oxygen atoms in total. The third-order valence-electron chi connectivity index (χ3n) is 3.13. The van der Waals surface area contributed by atoms with Crippen LogP contribution in [0.15, 0.2) is 18.2 Å². The Morgan fingerprint density at radius 3 is 2.76 bits per heavy atom. The van der Waals surface area contributed by atoms with Crippen LogP contribution < -0.4 is 0 Å².